The van der Waals surface area contributed by atoms with Crippen LogP contribution in [0, 0.1) is 6.92 Å². The Balaban J connectivity index is 1.11. The van der Waals surface area contributed by atoms with E-state index < -0.39 is 17.9 Å². The van der Waals surface area contributed by atoms with Gasteiger partial charge in [0.2, 0.25) is 5.95 Å². The summed E-state index contributed by atoms with van der Waals surface area (Å²) in [7, 11) is 0. The maximum absolute atomic E-state index is 15.5. The molecule has 5 fully saturated rings. The first-order chi connectivity index (χ1) is 17.7. The lowest BCUT2D eigenvalue weighted by Crippen LogP contribution is -2.70. The third-order valence-electron chi connectivity index (χ3n) is 8.77. The number of benzene rings is 1. The molecular weight excluding hydrogens is 502 g/mol. The Morgan fingerprint density at radius 3 is 2.73 bits per heavy atom. The molecule has 0 spiro atoms. The first kappa shape index (κ1) is 23.7. The van der Waals surface area contributed by atoms with E-state index in [-0.39, 0.29) is 24.0 Å². The largest absolute Gasteiger partial charge is 0.389 e. The summed E-state index contributed by atoms with van der Waals surface area (Å²) in [6, 6.07) is 3.83. The van der Waals surface area contributed by atoms with E-state index in [2.05, 4.69) is 20.4 Å². The molecule has 8 rings (SSSR count). The maximum atomic E-state index is 15.5. The number of hydrogen-bond donors (Lipinski definition) is 2. The number of aliphatic hydroxyl groups is 1. The van der Waals surface area contributed by atoms with Crippen LogP contribution in [0.3, 0.4) is 0 Å². The average Bonchev–Trinajstić information content (AvgIpc) is 3.42. The van der Waals surface area contributed by atoms with Crippen molar-refractivity contribution in [2.75, 3.05) is 31.6 Å². The molecule has 0 radical (unpaired) electrons. The summed E-state index contributed by atoms with van der Waals surface area (Å²) in [5, 5.41) is 19.0. The second kappa shape index (κ2) is 8.30. The Hall–Kier alpha value is -2.40. The molecule has 4 heterocycles. The zero-order valence-corrected chi connectivity index (χ0v) is 21.3. The predicted molar refractivity (Wildman–Crippen MR) is 135 cm³/mol. The van der Waals surface area contributed by atoms with Gasteiger partial charge in [-0.05, 0) is 43.1 Å². The van der Waals surface area contributed by atoms with E-state index in [9.17, 15) is 9.50 Å². The summed E-state index contributed by atoms with van der Waals surface area (Å²) in [6.07, 6.45) is 3.77. The molecule has 2 aromatic heterocycles. The number of nitrogens with zero attached hydrogens (tertiary/aromatic N) is 5. The smallest absolute Gasteiger partial charge is 0.227 e. The van der Waals surface area contributed by atoms with Gasteiger partial charge in [0.25, 0.3) is 0 Å². The van der Waals surface area contributed by atoms with Crippen molar-refractivity contribution in [3.8, 4) is 0 Å². The minimum atomic E-state index is -1.05. The molecule has 196 valence electrons. The van der Waals surface area contributed by atoms with Crippen LogP contribution in [0.15, 0.2) is 24.5 Å². The van der Waals surface area contributed by atoms with Crippen LogP contribution in [0.25, 0.3) is 10.9 Å². The monoisotopic (exact) mass is 530 g/mol. The lowest BCUT2D eigenvalue weighted by Gasteiger charge is -2.65. The van der Waals surface area contributed by atoms with E-state index in [0.717, 1.165) is 22.0 Å². The first-order valence-electron chi connectivity index (χ1n) is 12.8. The molecule has 3 aliphatic carbocycles. The molecule has 2 saturated heterocycles. The van der Waals surface area contributed by atoms with E-state index in [1.165, 1.54) is 0 Å². The van der Waals surface area contributed by atoms with Crippen LogP contribution in [0.4, 0.5) is 20.4 Å². The number of nitrogens with one attached hydrogen (secondary N) is 1. The molecule has 2 bridgehead atoms. The highest BCUT2D eigenvalue weighted by Crippen LogP contribution is 2.68. The van der Waals surface area contributed by atoms with Crippen molar-refractivity contribution in [1.29, 1.82) is 0 Å². The first-order valence-corrected chi connectivity index (χ1v) is 13.2. The Kier molecular flexibility index (Phi) is 5.31. The van der Waals surface area contributed by atoms with Crippen molar-refractivity contribution in [3.05, 3.63) is 40.8 Å². The van der Waals surface area contributed by atoms with E-state index in [1.54, 1.807) is 17.1 Å². The van der Waals surface area contributed by atoms with E-state index >= 15 is 4.39 Å². The highest BCUT2D eigenvalue weighted by atomic mass is 35.5. The topological polar surface area (TPSA) is 88.3 Å². The van der Waals surface area contributed by atoms with Crippen molar-refractivity contribution in [1.82, 2.24) is 24.6 Å². The third kappa shape index (κ3) is 3.75. The molecule has 5 aliphatic rings. The van der Waals surface area contributed by atoms with Crippen molar-refractivity contribution >= 4 is 34.1 Å². The van der Waals surface area contributed by atoms with Gasteiger partial charge >= 0.3 is 0 Å². The van der Waals surface area contributed by atoms with Crippen LogP contribution in [0.5, 0.6) is 0 Å². The number of fused-ring (bicyclic) bond motifs is 1. The van der Waals surface area contributed by atoms with E-state index in [1.807, 2.05) is 24.0 Å². The van der Waals surface area contributed by atoms with Crippen LogP contribution in [-0.4, -0.2) is 80.0 Å². The van der Waals surface area contributed by atoms with Gasteiger partial charge in [-0.2, -0.15) is 5.10 Å². The molecule has 8 nitrogen and oxygen atoms in total. The lowest BCUT2D eigenvalue weighted by atomic mass is 9.47. The van der Waals surface area contributed by atoms with E-state index in [4.69, 9.17) is 16.3 Å². The fourth-order valence-corrected chi connectivity index (χ4v) is 7.15. The van der Waals surface area contributed by atoms with Gasteiger partial charge in [-0.1, -0.05) is 11.6 Å². The van der Waals surface area contributed by atoms with Gasteiger partial charge in [0, 0.05) is 43.3 Å². The predicted octanol–water partition coefficient (Wildman–Crippen LogP) is 4.02. The summed E-state index contributed by atoms with van der Waals surface area (Å²) >= 11 is 6.58. The second-order valence-corrected chi connectivity index (χ2v) is 11.7. The second-order valence-electron chi connectivity index (χ2n) is 11.3. The fourth-order valence-electron chi connectivity index (χ4n) is 6.84. The number of aliphatic hydroxyl groups excluding tert-OH is 1. The Morgan fingerprint density at radius 1 is 1.22 bits per heavy atom. The van der Waals surface area contributed by atoms with Crippen LogP contribution in [0.1, 0.15) is 42.7 Å². The molecule has 4 atom stereocenters. The van der Waals surface area contributed by atoms with Gasteiger partial charge in [0.05, 0.1) is 48.3 Å². The zero-order chi connectivity index (χ0) is 25.5. The Bertz CT molecular complexity index is 1360. The minimum absolute atomic E-state index is 0.137. The molecule has 1 aromatic carbocycles. The van der Waals surface area contributed by atoms with Crippen molar-refractivity contribution < 1.29 is 18.6 Å². The number of halogens is 3. The fraction of sp³-hybridized carbons (Fsp3) is 0.577. The lowest BCUT2D eigenvalue weighted by molar-refractivity contribution is -0.203. The van der Waals surface area contributed by atoms with Crippen LogP contribution in [0.2, 0.25) is 5.15 Å². The number of piperidine rings is 1. The van der Waals surface area contributed by atoms with Gasteiger partial charge in [-0.25, -0.2) is 23.4 Å². The van der Waals surface area contributed by atoms with Crippen LogP contribution in [-0.2, 0) is 10.3 Å². The molecule has 4 unspecified atom stereocenters. The molecule has 2 N–H and O–H groups in total. The van der Waals surface area contributed by atoms with Gasteiger partial charge in [0.15, 0.2) is 5.15 Å². The zero-order valence-electron chi connectivity index (χ0n) is 20.5. The average molecular weight is 531 g/mol. The normalized spacial score (nSPS) is 35.4. The Morgan fingerprint density at radius 2 is 2.03 bits per heavy atom. The summed E-state index contributed by atoms with van der Waals surface area (Å²) < 4.78 is 36.5. The molecule has 3 saturated carbocycles. The number of hydrogen-bond acceptors (Lipinski definition) is 7. The highest BCUT2D eigenvalue weighted by molar-refractivity contribution is 6.32. The standard InChI is InChI=1S/C26H29ClF2N6O2/c1-14-4-15-6-30-24(33-20-7-31-35(23(20)27)26-11-25(29,12-26)13-26)32-19(15)5-17(14)16-2-3-34(8-18(16)28)21-9-37-10-22(21)36/h4-7,16,18,21-22,36H,2-3,8-13H2,1H3,(H,30,32,33). The molecule has 37 heavy (non-hydrogen) atoms. The Labute approximate surface area is 218 Å². The SMILES string of the molecule is Cc1cc2cnc(Nc3cnn(C45CC(F)(C4)C5)c3Cl)nc2cc1C1CCN(C2COCC2O)CC1F. The quantitative estimate of drug-likeness (QED) is 0.515. The van der Waals surface area contributed by atoms with Crippen LogP contribution >= 0.6 is 11.6 Å². The number of aromatic nitrogens is 4. The molecule has 11 heteroatoms. The number of likely N-dealkylation sites (tertiary alicyclic amines) is 1. The molecule has 3 aromatic rings. The summed E-state index contributed by atoms with van der Waals surface area (Å²) in [5.41, 5.74) is 1.90. The van der Waals surface area contributed by atoms with Crippen molar-refractivity contribution in [2.24, 2.45) is 0 Å². The number of ether oxygens (including phenoxy) is 1. The van der Waals surface area contributed by atoms with Gasteiger partial charge in [0.1, 0.15) is 11.8 Å². The van der Waals surface area contributed by atoms with Crippen molar-refractivity contribution in [3.63, 3.8) is 0 Å². The number of anilines is 2. The van der Waals surface area contributed by atoms with Gasteiger partial charge in [-0.15, -0.1) is 0 Å². The number of aryl methyl sites for hydroxylation is 1. The van der Waals surface area contributed by atoms with Crippen LogP contribution < -0.4 is 5.32 Å². The molecule has 2 aliphatic heterocycles. The van der Waals surface area contributed by atoms with Gasteiger partial charge in [-0.3, -0.25) is 4.90 Å². The third-order valence-corrected chi connectivity index (χ3v) is 9.14. The summed E-state index contributed by atoms with van der Waals surface area (Å²) in [6.45, 7) is 3.73. The maximum Gasteiger partial charge on any atom is 0.227 e. The molecular formula is C26H29ClF2N6O2. The minimum Gasteiger partial charge on any atom is -0.389 e. The van der Waals surface area contributed by atoms with Gasteiger partial charge < -0.3 is 15.2 Å². The number of alkyl halides is 2. The summed E-state index contributed by atoms with van der Waals surface area (Å²) in [4.78, 5) is 11.1. The summed E-state index contributed by atoms with van der Waals surface area (Å²) in [5.74, 6) is 0.121. The molecule has 0 amide bonds. The van der Waals surface area contributed by atoms with E-state index in [0.29, 0.717) is 62.2 Å². The highest BCUT2D eigenvalue weighted by Gasteiger charge is 2.71. The van der Waals surface area contributed by atoms with Crippen molar-refractivity contribution in [2.45, 2.75) is 68.1 Å². The number of rotatable bonds is 5.